The molecule has 18 heavy (non-hydrogen) atoms. The van der Waals surface area contributed by atoms with E-state index in [1.54, 1.807) is 18.2 Å². The number of nitrogen functional groups attached to an aromatic ring is 1. The van der Waals surface area contributed by atoms with Crippen LogP contribution in [0.25, 0.3) is 0 Å². The number of benzene rings is 1. The van der Waals surface area contributed by atoms with E-state index in [-0.39, 0.29) is 5.92 Å². The summed E-state index contributed by atoms with van der Waals surface area (Å²) in [5, 5.41) is 9.43. The zero-order valence-electron chi connectivity index (χ0n) is 10.0. The zero-order chi connectivity index (χ0) is 13.1. The first-order chi connectivity index (χ1) is 8.60. The van der Waals surface area contributed by atoms with E-state index in [2.05, 4.69) is 9.36 Å². The lowest BCUT2D eigenvalue weighted by molar-refractivity contribution is 0.474. The summed E-state index contributed by atoms with van der Waals surface area (Å²) in [6.45, 7) is 4.02. The van der Waals surface area contributed by atoms with Gasteiger partial charge in [-0.05, 0) is 18.2 Å². The lowest BCUT2D eigenvalue weighted by atomic mass is 10.2. The quantitative estimate of drug-likeness (QED) is 0.857. The Morgan fingerprint density at radius 3 is 2.83 bits per heavy atom. The first-order valence-corrected chi connectivity index (χ1v) is 6.18. The maximum atomic E-state index is 9.00. The number of ether oxygens (including phenoxy) is 1. The van der Waals surface area contributed by atoms with Crippen LogP contribution in [-0.4, -0.2) is 9.36 Å². The summed E-state index contributed by atoms with van der Waals surface area (Å²) < 4.78 is 9.74. The Morgan fingerprint density at radius 2 is 2.22 bits per heavy atom. The van der Waals surface area contributed by atoms with Crippen LogP contribution in [0.2, 0.25) is 0 Å². The molecule has 1 aromatic heterocycles. The van der Waals surface area contributed by atoms with Gasteiger partial charge in [-0.3, -0.25) is 0 Å². The normalized spacial score (nSPS) is 10.3. The van der Waals surface area contributed by atoms with Crippen LogP contribution in [0.3, 0.4) is 0 Å². The van der Waals surface area contributed by atoms with Gasteiger partial charge in [0.25, 0.3) is 5.19 Å². The van der Waals surface area contributed by atoms with Gasteiger partial charge in [-0.2, -0.15) is 14.6 Å². The number of aromatic nitrogens is 2. The van der Waals surface area contributed by atoms with Crippen LogP contribution in [0.4, 0.5) is 5.69 Å². The van der Waals surface area contributed by atoms with Crippen molar-refractivity contribution in [3.8, 4) is 17.0 Å². The van der Waals surface area contributed by atoms with E-state index < -0.39 is 0 Å². The highest BCUT2D eigenvalue weighted by Crippen LogP contribution is 2.28. The highest BCUT2D eigenvalue weighted by Gasteiger charge is 2.11. The highest BCUT2D eigenvalue weighted by atomic mass is 32.1. The monoisotopic (exact) mass is 260 g/mol. The van der Waals surface area contributed by atoms with Crippen LogP contribution >= 0.6 is 11.5 Å². The van der Waals surface area contributed by atoms with Gasteiger partial charge in [0.05, 0.1) is 5.56 Å². The molecule has 0 bridgehead atoms. The topological polar surface area (TPSA) is 84.8 Å². The zero-order valence-corrected chi connectivity index (χ0v) is 10.9. The number of rotatable bonds is 3. The van der Waals surface area contributed by atoms with Crippen molar-refractivity contribution >= 4 is 17.2 Å². The van der Waals surface area contributed by atoms with E-state index in [1.165, 1.54) is 11.5 Å². The second-order valence-corrected chi connectivity index (χ2v) is 4.76. The van der Waals surface area contributed by atoms with Gasteiger partial charge in [0, 0.05) is 23.1 Å². The van der Waals surface area contributed by atoms with Crippen molar-refractivity contribution in [3.63, 3.8) is 0 Å². The van der Waals surface area contributed by atoms with E-state index >= 15 is 0 Å². The molecule has 5 nitrogen and oxygen atoms in total. The summed E-state index contributed by atoms with van der Waals surface area (Å²) in [6.07, 6.45) is 0. The largest absolute Gasteiger partial charge is 0.428 e. The third kappa shape index (κ3) is 2.57. The van der Waals surface area contributed by atoms with Crippen molar-refractivity contribution in [3.05, 3.63) is 29.6 Å². The predicted octanol–water partition coefficient (Wildman–Crippen LogP) is 2.91. The second-order valence-electron chi connectivity index (χ2n) is 4.04. The molecule has 0 fully saturated rings. The number of nitriles is 1. The minimum absolute atomic E-state index is 0.250. The third-order valence-electron chi connectivity index (χ3n) is 2.26. The third-order valence-corrected chi connectivity index (χ3v) is 2.87. The first-order valence-electron chi connectivity index (χ1n) is 5.41. The molecule has 0 radical (unpaired) electrons. The molecule has 0 aliphatic carbocycles. The number of nitrogens with two attached hydrogens (primary N) is 1. The van der Waals surface area contributed by atoms with E-state index in [0.717, 1.165) is 5.82 Å². The molecule has 92 valence electrons. The number of hydrogen-bond donors (Lipinski definition) is 1. The van der Waals surface area contributed by atoms with Gasteiger partial charge in [0.15, 0.2) is 0 Å². The highest BCUT2D eigenvalue weighted by molar-refractivity contribution is 7.07. The van der Waals surface area contributed by atoms with Crippen molar-refractivity contribution in [1.29, 1.82) is 5.26 Å². The molecular formula is C12H12N4OS. The van der Waals surface area contributed by atoms with Crippen molar-refractivity contribution in [2.45, 2.75) is 19.8 Å². The molecule has 0 aliphatic rings. The standard InChI is InChI=1S/C12H12N4OS/c1-7(2)11-15-12(18-16-11)17-10-4-3-9(14)5-8(10)6-13/h3-5,7H,14H2,1-2H3. The van der Waals surface area contributed by atoms with Crippen LogP contribution in [0.15, 0.2) is 18.2 Å². The molecule has 0 amide bonds. The average molecular weight is 260 g/mol. The molecule has 0 aliphatic heterocycles. The van der Waals surface area contributed by atoms with Gasteiger partial charge in [-0.15, -0.1) is 0 Å². The summed E-state index contributed by atoms with van der Waals surface area (Å²) in [5.41, 5.74) is 6.52. The van der Waals surface area contributed by atoms with Crippen molar-refractivity contribution in [2.24, 2.45) is 0 Å². The molecule has 0 unspecified atom stereocenters. The van der Waals surface area contributed by atoms with E-state index in [9.17, 15) is 0 Å². The van der Waals surface area contributed by atoms with Crippen LogP contribution in [0.5, 0.6) is 10.9 Å². The lowest BCUT2D eigenvalue weighted by Crippen LogP contribution is -1.92. The van der Waals surface area contributed by atoms with Crippen LogP contribution in [0, 0.1) is 11.3 Å². The Bertz CT molecular complexity index is 600. The maximum Gasteiger partial charge on any atom is 0.298 e. The van der Waals surface area contributed by atoms with Gasteiger partial charge >= 0.3 is 0 Å². The fourth-order valence-electron chi connectivity index (χ4n) is 1.31. The van der Waals surface area contributed by atoms with E-state index in [1.807, 2.05) is 19.9 Å². The van der Waals surface area contributed by atoms with Crippen molar-refractivity contribution in [2.75, 3.05) is 5.73 Å². The molecule has 0 atom stereocenters. The number of hydrogen-bond acceptors (Lipinski definition) is 6. The number of anilines is 1. The molecule has 6 heteroatoms. The van der Waals surface area contributed by atoms with E-state index in [0.29, 0.717) is 22.2 Å². The summed E-state index contributed by atoms with van der Waals surface area (Å²) in [4.78, 5) is 4.25. The maximum absolute atomic E-state index is 9.00. The van der Waals surface area contributed by atoms with Crippen LogP contribution in [0.1, 0.15) is 31.2 Å². The fraction of sp³-hybridized carbons (Fsp3) is 0.250. The minimum Gasteiger partial charge on any atom is -0.428 e. The average Bonchev–Trinajstić information content (AvgIpc) is 2.80. The number of nitrogens with zero attached hydrogens (tertiary/aromatic N) is 3. The molecule has 2 aromatic rings. The fourth-order valence-corrected chi connectivity index (χ4v) is 2.00. The summed E-state index contributed by atoms with van der Waals surface area (Å²) >= 11 is 1.17. The van der Waals surface area contributed by atoms with Gasteiger partial charge in [0.2, 0.25) is 0 Å². The summed E-state index contributed by atoms with van der Waals surface area (Å²) in [7, 11) is 0. The van der Waals surface area contributed by atoms with Crippen molar-refractivity contribution in [1.82, 2.24) is 9.36 Å². The van der Waals surface area contributed by atoms with Gasteiger partial charge < -0.3 is 10.5 Å². The Balaban J connectivity index is 2.26. The van der Waals surface area contributed by atoms with Gasteiger partial charge in [-0.25, -0.2) is 0 Å². The smallest absolute Gasteiger partial charge is 0.298 e. The predicted molar refractivity (Wildman–Crippen MR) is 69.6 cm³/mol. The van der Waals surface area contributed by atoms with Gasteiger partial charge in [0.1, 0.15) is 17.6 Å². The molecule has 0 saturated heterocycles. The van der Waals surface area contributed by atoms with Crippen LogP contribution in [-0.2, 0) is 0 Å². The molecule has 1 aromatic carbocycles. The molecule has 0 spiro atoms. The Hall–Kier alpha value is -2.13. The Labute approximate surface area is 109 Å². The summed E-state index contributed by atoms with van der Waals surface area (Å²) in [6, 6.07) is 6.95. The SMILES string of the molecule is CC(C)c1nsc(Oc2ccc(N)cc2C#N)n1. The summed E-state index contributed by atoms with van der Waals surface area (Å²) in [5.74, 6) is 1.43. The molecular weight excluding hydrogens is 248 g/mol. The van der Waals surface area contributed by atoms with Crippen molar-refractivity contribution < 1.29 is 4.74 Å². The lowest BCUT2D eigenvalue weighted by Gasteiger charge is -2.04. The van der Waals surface area contributed by atoms with Crippen LogP contribution < -0.4 is 10.5 Å². The Morgan fingerprint density at radius 1 is 1.44 bits per heavy atom. The molecule has 0 saturated carbocycles. The minimum atomic E-state index is 0.250. The second kappa shape index (κ2) is 5.02. The van der Waals surface area contributed by atoms with Gasteiger partial charge in [-0.1, -0.05) is 13.8 Å². The first kappa shape index (κ1) is 12.3. The van der Waals surface area contributed by atoms with E-state index in [4.69, 9.17) is 15.7 Å². The molecule has 2 N–H and O–H groups in total. The molecule has 2 rings (SSSR count). The Kier molecular flexibility index (Phi) is 3.44. The molecule has 1 heterocycles.